The number of carbonyl (C=O) groups excluding carboxylic acids is 3. The summed E-state index contributed by atoms with van der Waals surface area (Å²) in [6.45, 7) is 2.00. The number of hydrogen-bond donors (Lipinski definition) is 0. The number of carbonyl (C=O) groups is 3. The zero-order valence-corrected chi connectivity index (χ0v) is 11.1. The Balaban J connectivity index is 2.93. The lowest BCUT2D eigenvalue weighted by atomic mass is 9.72. The molecular formula is C13H20O5. The zero-order chi connectivity index (χ0) is 13.7. The first kappa shape index (κ1) is 14.7. The summed E-state index contributed by atoms with van der Waals surface area (Å²) in [7, 11) is 2.37. The molecule has 0 amide bonds. The summed E-state index contributed by atoms with van der Waals surface area (Å²) in [4.78, 5) is 35.1. The molecule has 5 heteroatoms. The predicted octanol–water partition coefficient (Wildman–Crippen LogP) is 1.34. The predicted molar refractivity (Wildman–Crippen MR) is 63.7 cm³/mol. The maximum atomic E-state index is 11.9. The molecule has 18 heavy (non-hydrogen) atoms. The van der Waals surface area contributed by atoms with Crippen LogP contribution in [0.4, 0.5) is 0 Å². The molecule has 0 aromatic rings. The van der Waals surface area contributed by atoms with Gasteiger partial charge in [0.1, 0.15) is 5.92 Å². The highest BCUT2D eigenvalue weighted by Crippen LogP contribution is 2.36. The fourth-order valence-electron chi connectivity index (χ4n) is 2.67. The second kappa shape index (κ2) is 6.52. The smallest absolute Gasteiger partial charge is 0.375 e. The van der Waals surface area contributed by atoms with E-state index in [4.69, 9.17) is 0 Å². The molecule has 0 radical (unpaired) electrons. The number of esters is 2. The van der Waals surface area contributed by atoms with E-state index in [-0.39, 0.29) is 11.8 Å². The van der Waals surface area contributed by atoms with Gasteiger partial charge in [0.15, 0.2) is 0 Å². The lowest BCUT2D eigenvalue weighted by Crippen LogP contribution is -2.40. The summed E-state index contributed by atoms with van der Waals surface area (Å²) in [5.74, 6) is -3.30. The zero-order valence-electron chi connectivity index (χ0n) is 11.1. The maximum Gasteiger partial charge on any atom is 0.375 e. The molecule has 1 rings (SSSR count). The average molecular weight is 256 g/mol. The van der Waals surface area contributed by atoms with E-state index in [0.717, 1.165) is 32.8 Å². The van der Waals surface area contributed by atoms with E-state index < -0.39 is 23.6 Å². The van der Waals surface area contributed by atoms with Crippen molar-refractivity contribution in [3.63, 3.8) is 0 Å². The SMILES string of the molecule is COC(=O)C(=O)C(C(=O)OC)C1CCCCC1C. The van der Waals surface area contributed by atoms with E-state index in [2.05, 4.69) is 9.47 Å². The minimum atomic E-state index is -1.02. The first-order valence-corrected chi connectivity index (χ1v) is 6.22. The number of ether oxygens (including phenoxy) is 2. The van der Waals surface area contributed by atoms with Crippen LogP contribution < -0.4 is 0 Å². The van der Waals surface area contributed by atoms with Crippen LogP contribution >= 0.6 is 0 Å². The van der Waals surface area contributed by atoms with Gasteiger partial charge in [0.05, 0.1) is 14.2 Å². The molecule has 0 N–H and O–H groups in total. The van der Waals surface area contributed by atoms with Crippen LogP contribution in [0.2, 0.25) is 0 Å². The van der Waals surface area contributed by atoms with Crippen molar-refractivity contribution < 1.29 is 23.9 Å². The molecule has 0 spiro atoms. The number of rotatable bonds is 4. The Morgan fingerprint density at radius 1 is 1.06 bits per heavy atom. The Hall–Kier alpha value is -1.39. The van der Waals surface area contributed by atoms with Crippen LogP contribution in [0.15, 0.2) is 0 Å². The van der Waals surface area contributed by atoms with E-state index >= 15 is 0 Å². The standard InChI is InChI=1S/C13H20O5/c1-8-6-4-5-7-9(8)10(12(15)17-2)11(14)13(16)18-3/h8-10H,4-7H2,1-3H3. The van der Waals surface area contributed by atoms with Crippen LogP contribution in [-0.4, -0.2) is 31.9 Å². The Morgan fingerprint density at radius 2 is 1.67 bits per heavy atom. The van der Waals surface area contributed by atoms with E-state index in [1.807, 2.05) is 6.92 Å². The highest BCUT2D eigenvalue weighted by Gasteiger charge is 2.42. The van der Waals surface area contributed by atoms with Gasteiger partial charge in [-0.2, -0.15) is 0 Å². The molecule has 3 atom stereocenters. The van der Waals surface area contributed by atoms with Crippen molar-refractivity contribution >= 4 is 17.7 Å². The highest BCUT2D eigenvalue weighted by molar-refractivity contribution is 6.38. The van der Waals surface area contributed by atoms with Gasteiger partial charge in [0, 0.05) is 0 Å². The molecule has 0 aromatic carbocycles. The topological polar surface area (TPSA) is 69.7 Å². The highest BCUT2D eigenvalue weighted by atomic mass is 16.5. The molecule has 0 aromatic heterocycles. The van der Waals surface area contributed by atoms with E-state index in [1.54, 1.807) is 0 Å². The Kier molecular flexibility index (Phi) is 5.31. The lowest BCUT2D eigenvalue weighted by molar-refractivity contribution is -0.162. The molecule has 5 nitrogen and oxygen atoms in total. The number of hydrogen-bond acceptors (Lipinski definition) is 5. The lowest BCUT2D eigenvalue weighted by Gasteiger charge is -2.32. The van der Waals surface area contributed by atoms with Gasteiger partial charge < -0.3 is 9.47 Å². The van der Waals surface area contributed by atoms with Crippen molar-refractivity contribution in [3.8, 4) is 0 Å². The number of ketones is 1. The largest absolute Gasteiger partial charge is 0.468 e. The van der Waals surface area contributed by atoms with Crippen molar-refractivity contribution in [1.82, 2.24) is 0 Å². The van der Waals surface area contributed by atoms with Crippen LogP contribution in [0.1, 0.15) is 32.6 Å². The normalized spacial score (nSPS) is 25.1. The van der Waals surface area contributed by atoms with E-state index in [1.165, 1.54) is 7.11 Å². The first-order valence-electron chi connectivity index (χ1n) is 6.22. The average Bonchev–Trinajstić information content (AvgIpc) is 2.39. The second-order valence-corrected chi connectivity index (χ2v) is 4.78. The molecule has 1 saturated carbocycles. The van der Waals surface area contributed by atoms with E-state index in [9.17, 15) is 14.4 Å². The van der Waals surface area contributed by atoms with E-state index in [0.29, 0.717) is 0 Å². The molecule has 0 bridgehead atoms. The second-order valence-electron chi connectivity index (χ2n) is 4.78. The monoisotopic (exact) mass is 256 g/mol. The van der Waals surface area contributed by atoms with Crippen molar-refractivity contribution in [2.75, 3.05) is 14.2 Å². The summed E-state index contributed by atoms with van der Waals surface area (Å²) in [6.07, 6.45) is 3.80. The summed E-state index contributed by atoms with van der Waals surface area (Å²) in [5.41, 5.74) is 0. The van der Waals surface area contributed by atoms with Gasteiger partial charge in [-0.1, -0.05) is 26.2 Å². The molecular weight excluding hydrogens is 236 g/mol. The maximum absolute atomic E-state index is 11.9. The van der Waals surface area contributed by atoms with Crippen molar-refractivity contribution in [2.24, 2.45) is 17.8 Å². The molecule has 1 aliphatic carbocycles. The van der Waals surface area contributed by atoms with Crippen LogP contribution in [0.5, 0.6) is 0 Å². The van der Waals surface area contributed by atoms with Crippen LogP contribution in [0, 0.1) is 17.8 Å². The van der Waals surface area contributed by atoms with Gasteiger partial charge in [-0.25, -0.2) is 4.79 Å². The first-order chi connectivity index (χ1) is 8.52. The van der Waals surface area contributed by atoms with Gasteiger partial charge in [0.2, 0.25) is 0 Å². The molecule has 0 aliphatic heterocycles. The third kappa shape index (κ3) is 3.09. The van der Waals surface area contributed by atoms with Gasteiger partial charge in [-0.3, -0.25) is 9.59 Å². The van der Waals surface area contributed by atoms with Crippen LogP contribution in [-0.2, 0) is 23.9 Å². The third-order valence-electron chi connectivity index (χ3n) is 3.73. The van der Waals surface area contributed by atoms with Crippen molar-refractivity contribution in [1.29, 1.82) is 0 Å². The van der Waals surface area contributed by atoms with Crippen molar-refractivity contribution in [3.05, 3.63) is 0 Å². The minimum absolute atomic E-state index is 0.127. The summed E-state index contributed by atoms with van der Waals surface area (Å²) in [6, 6.07) is 0. The quantitative estimate of drug-likeness (QED) is 0.431. The van der Waals surface area contributed by atoms with Crippen molar-refractivity contribution in [2.45, 2.75) is 32.6 Å². The van der Waals surface area contributed by atoms with Gasteiger partial charge in [-0.15, -0.1) is 0 Å². The van der Waals surface area contributed by atoms with Gasteiger partial charge >= 0.3 is 11.9 Å². The minimum Gasteiger partial charge on any atom is -0.468 e. The fourth-order valence-corrected chi connectivity index (χ4v) is 2.67. The van der Waals surface area contributed by atoms with Gasteiger partial charge in [0.25, 0.3) is 5.78 Å². The summed E-state index contributed by atoms with van der Waals surface area (Å²) < 4.78 is 9.08. The van der Waals surface area contributed by atoms with Crippen LogP contribution in [0.25, 0.3) is 0 Å². The molecule has 0 saturated heterocycles. The molecule has 0 heterocycles. The summed E-state index contributed by atoms with van der Waals surface area (Å²) >= 11 is 0. The Bertz CT molecular complexity index is 336. The number of methoxy groups -OCH3 is 2. The molecule has 102 valence electrons. The Labute approximate surface area is 107 Å². The summed E-state index contributed by atoms with van der Waals surface area (Å²) in [5, 5.41) is 0. The Morgan fingerprint density at radius 3 is 2.17 bits per heavy atom. The molecule has 1 fully saturated rings. The molecule has 3 unspecified atom stereocenters. The molecule has 1 aliphatic rings. The number of Topliss-reactive ketones (excluding diaryl/α,β-unsaturated/α-hetero) is 1. The fraction of sp³-hybridized carbons (Fsp3) is 0.769. The third-order valence-corrected chi connectivity index (χ3v) is 3.73. The van der Waals surface area contributed by atoms with Gasteiger partial charge in [-0.05, 0) is 18.3 Å². The van der Waals surface area contributed by atoms with Crippen LogP contribution in [0.3, 0.4) is 0 Å².